The normalized spacial score (nSPS) is 14.5. The Labute approximate surface area is 162 Å². The first-order valence-electron chi connectivity index (χ1n) is 9.45. The zero-order valence-corrected chi connectivity index (χ0v) is 15.7. The van der Waals surface area contributed by atoms with Crippen molar-refractivity contribution in [2.45, 2.75) is 0 Å². The highest BCUT2D eigenvalue weighted by Crippen LogP contribution is 2.32. The number of hydrogen-bond acceptors (Lipinski definition) is 6. The Morgan fingerprint density at radius 1 is 1.04 bits per heavy atom. The number of benzene rings is 2. The lowest BCUT2D eigenvalue weighted by Crippen LogP contribution is -2.43. The van der Waals surface area contributed by atoms with Crippen molar-refractivity contribution in [2.24, 2.45) is 0 Å². The summed E-state index contributed by atoms with van der Waals surface area (Å²) in [5.74, 6) is 1.57. The van der Waals surface area contributed by atoms with Crippen molar-refractivity contribution in [1.29, 1.82) is 0 Å². The van der Waals surface area contributed by atoms with Crippen molar-refractivity contribution in [3.05, 3.63) is 48.7 Å². The molecule has 0 unspecified atom stereocenters. The number of nitrogens with zero attached hydrogens (tertiary/aromatic N) is 3. The zero-order valence-electron chi connectivity index (χ0n) is 15.7. The third-order valence-corrected chi connectivity index (χ3v) is 5.21. The van der Waals surface area contributed by atoms with Crippen LogP contribution in [0.25, 0.3) is 21.8 Å². The number of aromatic amines is 1. The van der Waals surface area contributed by atoms with Crippen LogP contribution < -0.4 is 20.3 Å². The molecule has 4 aromatic rings. The smallest absolute Gasteiger partial charge is 0.157 e. The summed E-state index contributed by atoms with van der Waals surface area (Å²) in [6, 6.07) is 14.4. The molecule has 142 valence electrons. The monoisotopic (exact) mass is 374 g/mol. The van der Waals surface area contributed by atoms with Crippen LogP contribution in [0.15, 0.2) is 48.7 Å². The number of fused-ring (bicyclic) bond motifs is 3. The highest BCUT2D eigenvalue weighted by Gasteiger charge is 2.13. The highest BCUT2D eigenvalue weighted by atomic mass is 16.5. The Bertz CT molecular complexity index is 1120. The Kier molecular flexibility index (Phi) is 4.21. The molecule has 7 heteroatoms. The van der Waals surface area contributed by atoms with E-state index in [1.807, 2.05) is 24.4 Å². The predicted molar refractivity (Wildman–Crippen MR) is 113 cm³/mol. The molecular formula is C21H22N6O. The largest absolute Gasteiger partial charge is 0.497 e. The molecule has 1 aliphatic heterocycles. The first kappa shape index (κ1) is 16.8. The maximum absolute atomic E-state index is 5.35. The van der Waals surface area contributed by atoms with E-state index in [1.54, 1.807) is 7.11 Å². The molecule has 2 aromatic carbocycles. The van der Waals surface area contributed by atoms with E-state index in [4.69, 9.17) is 9.72 Å². The highest BCUT2D eigenvalue weighted by molar-refractivity contribution is 6.09. The summed E-state index contributed by atoms with van der Waals surface area (Å²) in [6.45, 7) is 4.14. The first-order valence-corrected chi connectivity index (χ1v) is 9.45. The molecule has 1 saturated heterocycles. The molecule has 5 rings (SSSR count). The number of hydrogen-bond donors (Lipinski definition) is 3. The second-order valence-corrected chi connectivity index (χ2v) is 6.91. The third kappa shape index (κ3) is 2.99. The Morgan fingerprint density at radius 2 is 1.86 bits per heavy atom. The van der Waals surface area contributed by atoms with E-state index in [-0.39, 0.29) is 0 Å². The van der Waals surface area contributed by atoms with Crippen molar-refractivity contribution < 1.29 is 4.74 Å². The van der Waals surface area contributed by atoms with Gasteiger partial charge in [-0.3, -0.25) is 5.10 Å². The first-order chi connectivity index (χ1) is 13.8. The van der Waals surface area contributed by atoms with Crippen LogP contribution in [0.2, 0.25) is 0 Å². The Balaban J connectivity index is 1.48. The van der Waals surface area contributed by atoms with Crippen LogP contribution in [0.3, 0.4) is 0 Å². The number of nitrogens with one attached hydrogen (secondary N) is 3. The number of pyridine rings is 1. The molecule has 2 aromatic heterocycles. The van der Waals surface area contributed by atoms with Gasteiger partial charge in [0.15, 0.2) is 5.82 Å². The van der Waals surface area contributed by atoms with E-state index >= 15 is 0 Å². The zero-order chi connectivity index (χ0) is 18.9. The van der Waals surface area contributed by atoms with Crippen LogP contribution in [0.4, 0.5) is 17.2 Å². The second kappa shape index (κ2) is 7.01. The number of ether oxygens (including phenoxy) is 1. The quantitative estimate of drug-likeness (QED) is 0.509. The molecule has 0 bridgehead atoms. The van der Waals surface area contributed by atoms with E-state index in [9.17, 15) is 0 Å². The summed E-state index contributed by atoms with van der Waals surface area (Å²) in [6.07, 6.45) is 1.83. The predicted octanol–water partition coefficient (Wildman–Crippen LogP) is 3.27. The van der Waals surface area contributed by atoms with Crippen LogP contribution in [0.5, 0.6) is 5.75 Å². The molecule has 28 heavy (non-hydrogen) atoms. The van der Waals surface area contributed by atoms with Crippen LogP contribution in [0, 0.1) is 0 Å². The van der Waals surface area contributed by atoms with Crippen LogP contribution >= 0.6 is 0 Å². The molecule has 0 spiro atoms. The van der Waals surface area contributed by atoms with E-state index in [0.717, 1.165) is 65.2 Å². The average Bonchev–Trinajstić information content (AvgIpc) is 3.25. The number of H-pyrrole nitrogens is 1. The van der Waals surface area contributed by atoms with Gasteiger partial charge in [0, 0.05) is 48.3 Å². The Hall–Kier alpha value is -3.32. The summed E-state index contributed by atoms with van der Waals surface area (Å²) in [5.41, 5.74) is 4.02. The number of methoxy groups -OCH3 is 1. The van der Waals surface area contributed by atoms with Gasteiger partial charge in [0.05, 0.1) is 18.8 Å². The van der Waals surface area contributed by atoms with Crippen molar-refractivity contribution in [1.82, 2.24) is 20.5 Å². The fraction of sp³-hybridized carbons (Fsp3) is 0.238. The summed E-state index contributed by atoms with van der Waals surface area (Å²) < 4.78 is 5.35. The lowest BCUT2D eigenvalue weighted by Gasteiger charge is -2.29. The van der Waals surface area contributed by atoms with Crippen molar-refractivity contribution in [2.75, 3.05) is 43.5 Å². The minimum atomic E-state index is 0.764. The van der Waals surface area contributed by atoms with Gasteiger partial charge in [-0.05, 0) is 42.5 Å². The van der Waals surface area contributed by atoms with Gasteiger partial charge in [0.1, 0.15) is 11.3 Å². The fourth-order valence-corrected chi connectivity index (χ4v) is 3.71. The summed E-state index contributed by atoms with van der Waals surface area (Å²) in [7, 11) is 1.67. The van der Waals surface area contributed by atoms with Gasteiger partial charge in [-0.25, -0.2) is 4.98 Å². The van der Waals surface area contributed by atoms with Gasteiger partial charge in [-0.2, -0.15) is 5.10 Å². The van der Waals surface area contributed by atoms with Crippen molar-refractivity contribution in [3.63, 3.8) is 0 Å². The van der Waals surface area contributed by atoms with Gasteiger partial charge >= 0.3 is 0 Å². The molecule has 1 fully saturated rings. The maximum Gasteiger partial charge on any atom is 0.157 e. The molecule has 3 heterocycles. The van der Waals surface area contributed by atoms with Gasteiger partial charge in [-0.15, -0.1) is 0 Å². The Morgan fingerprint density at radius 3 is 2.64 bits per heavy atom. The van der Waals surface area contributed by atoms with Gasteiger partial charge in [0.2, 0.25) is 0 Å². The standard InChI is InChI=1S/C21H22N6O/c1-28-16-6-7-19-17(12-16)18-13-23-26-20(18)21(25-19)24-14-2-4-15(5-3-14)27-10-8-22-9-11-27/h2-7,12-13,22H,8-11H2,1H3,(H,23,26)(H,24,25). The van der Waals surface area contributed by atoms with Crippen molar-refractivity contribution in [3.8, 4) is 5.75 Å². The molecule has 0 radical (unpaired) electrons. The molecular weight excluding hydrogens is 352 g/mol. The molecule has 0 aliphatic carbocycles. The molecule has 1 aliphatic rings. The van der Waals surface area contributed by atoms with Crippen molar-refractivity contribution >= 4 is 39.0 Å². The minimum Gasteiger partial charge on any atom is -0.497 e. The number of anilines is 3. The molecule has 0 atom stereocenters. The topological polar surface area (TPSA) is 78.1 Å². The maximum atomic E-state index is 5.35. The summed E-state index contributed by atoms with van der Waals surface area (Å²) >= 11 is 0. The molecule has 0 saturated carbocycles. The van der Waals surface area contributed by atoms with Crippen LogP contribution in [-0.4, -0.2) is 48.5 Å². The number of piperazine rings is 1. The van der Waals surface area contributed by atoms with E-state index in [0.29, 0.717) is 0 Å². The number of aromatic nitrogens is 3. The van der Waals surface area contributed by atoms with Gasteiger partial charge in [-0.1, -0.05) is 0 Å². The minimum absolute atomic E-state index is 0.764. The lowest BCUT2D eigenvalue weighted by molar-refractivity contribution is 0.415. The van der Waals surface area contributed by atoms with Crippen LogP contribution in [-0.2, 0) is 0 Å². The van der Waals surface area contributed by atoms with Gasteiger partial charge in [0.25, 0.3) is 0 Å². The summed E-state index contributed by atoms with van der Waals surface area (Å²) in [4.78, 5) is 7.20. The average molecular weight is 374 g/mol. The van der Waals surface area contributed by atoms with E-state index in [1.165, 1.54) is 5.69 Å². The summed E-state index contributed by atoms with van der Waals surface area (Å²) in [5, 5.41) is 16.2. The SMILES string of the molecule is COc1ccc2nc(Nc3ccc(N4CCNCC4)cc3)c3[nH]ncc3c2c1. The number of rotatable bonds is 4. The molecule has 0 amide bonds. The van der Waals surface area contributed by atoms with E-state index < -0.39 is 0 Å². The van der Waals surface area contributed by atoms with Gasteiger partial charge < -0.3 is 20.3 Å². The molecule has 3 N–H and O–H groups in total. The third-order valence-electron chi connectivity index (χ3n) is 5.21. The second-order valence-electron chi connectivity index (χ2n) is 6.91. The fourth-order valence-electron chi connectivity index (χ4n) is 3.71. The van der Waals surface area contributed by atoms with E-state index in [2.05, 4.69) is 50.0 Å². The molecule has 7 nitrogen and oxygen atoms in total. The lowest BCUT2D eigenvalue weighted by atomic mass is 10.1. The van der Waals surface area contributed by atoms with Crippen LogP contribution in [0.1, 0.15) is 0 Å².